The van der Waals surface area contributed by atoms with E-state index in [1.54, 1.807) is 0 Å². The molecule has 0 fully saturated rings. The molecule has 0 aliphatic heterocycles. The van der Waals surface area contributed by atoms with Crippen LogP contribution in [-0.2, 0) is 9.09 Å². The van der Waals surface area contributed by atoms with Gasteiger partial charge in [0, 0.05) is 13.0 Å². The van der Waals surface area contributed by atoms with E-state index < -0.39 is 8.25 Å². The highest BCUT2D eigenvalue weighted by Gasteiger charge is 2.02. The van der Waals surface area contributed by atoms with Crippen molar-refractivity contribution in [1.82, 2.24) is 0 Å². The molecule has 0 aromatic heterocycles. The summed E-state index contributed by atoms with van der Waals surface area (Å²) in [5, 5.41) is 0. The van der Waals surface area contributed by atoms with Gasteiger partial charge in [0.2, 0.25) is 0 Å². The monoisotopic (exact) mass is 106 g/mol. The summed E-state index contributed by atoms with van der Waals surface area (Å²) in [5.41, 5.74) is 0. The average molecular weight is 106 g/mol. The van der Waals surface area contributed by atoms with Crippen molar-refractivity contribution in [1.29, 1.82) is 0 Å². The van der Waals surface area contributed by atoms with Gasteiger partial charge < -0.3 is 0 Å². The van der Waals surface area contributed by atoms with Crippen LogP contribution >= 0.6 is 8.25 Å². The number of hydrogen-bond donors (Lipinski definition) is 1. The molecule has 1 N–H and O–H groups in total. The summed E-state index contributed by atoms with van der Waals surface area (Å²) in [5.74, 6) is 0. The van der Waals surface area contributed by atoms with Gasteiger partial charge in [-0.25, -0.2) is 0 Å². The van der Waals surface area contributed by atoms with E-state index in [9.17, 15) is 4.57 Å². The van der Waals surface area contributed by atoms with Crippen LogP contribution in [0.5, 0.6) is 0 Å². The van der Waals surface area contributed by atoms with Crippen molar-refractivity contribution in [2.45, 2.75) is 0 Å². The first-order valence-corrected chi connectivity index (χ1v) is 2.10. The van der Waals surface area contributed by atoms with E-state index in [-0.39, 0.29) is 8.41 Å². The lowest BCUT2D eigenvalue weighted by Crippen LogP contribution is -1.57. The molecule has 1 unspecified atom stereocenters. The van der Waals surface area contributed by atoms with Crippen LogP contribution in [0.25, 0.3) is 0 Å². The molecule has 5 heteroatoms. The molecule has 0 spiro atoms. The first-order valence-electron chi connectivity index (χ1n) is 0.973. The smallest absolute Gasteiger partial charge is 0.133 e. The van der Waals surface area contributed by atoms with E-state index in [4.69, 9.17) is 4.89 Å². The van der Waals surface area contributed by atoms with Crippen LogP contribution in [0.1, 0.15) is 0 Å². The maximum absolute atomic E-state index is 9.29. The fraction of sp³-hybridized carbons (Fsp3) is 1.00. The lowest BCUT2D eigenvalue weighted by molar-refractivity contribution is 0.343. The van der Waals surface area contributed by atoms with Crippen LogP contribution in [0.15, 0.2) is 0 Å². The van der Waals surface area contributed by atoms with Crippen molar-refractivity contribution in [2.24, 2.45) is 0 Å². The molecular formula is CH4BO3P+. The third-order valence-electron chi connectivity index (χ3n) is 0.156. The fourth-order valence-electron chi connectivity index (χ4n) is 0. The minimum absolute atomic E-state index is 0. The van der Waals surface area contributed by atoms with Crippen molar-refractivity contribution >= 4 is 16.7 Å². The zero-order valence-corrected chi connectivity index (χ0v) is 4.18. The van der Waals surface area contributed by atoms with Gasteiger partial charge in [0.15, 0.2) is 0 Å². The van der Waals surface area contributed by atoms with Crippen molar-refractivity contribution in [3.05, 3.63) is 0 Å². The second-order valence-electron chi connectivity index (χ2n) is 0.420. The Morgan fingerprint density at radius 2 is 2.00 bits per heavy atom. The normalized spacial score (nSPS) is 9.33. The summed E-state index contributed by atoms with van der Waals surface area (Å²) in [6, 6.07) is 0. The van der Waals surface area contributed by atoms with Gasteiger partial charge in [-0.2, -0.15) is 0 Å². The Morgan fingerprint density at radius 1 is 1.83 bits per heavy atom. The molecule has 0 heterocycles. The van der Waals surface area contributed by atoms with E-state index >= 15 is 0 Å². The van der Waals surface area contributed by atoms with Crippen LogP contribution < -0.4 is 0 Å². The largest absolute Gasteiger partial charge is 0.694 e. The quantitative estimate of drug-likeness (QED) is 0.375. The Hall–Kier alpha value is 0.0849. The highest BCUT2D eigenvalue weighted by molar-refractivity contribution is 7.32. The van der Waals surface area contributed by atoms with Gasteiger partial charge in [0.1, 0.15) is 0 Å². The van der Waals surface area contributed by atoms with Gasteiger partial charge in [-0.3, -0.25) is 0 Å². The van der Waals surface area contributed by atoms with Crippen LogP contribution in [0.3, 0.4) is 0 Å². The van der Waals surface area contributed by atoms with E-state index in [2.05, 4.69) is 4.52 Å². The Kier molecular flexibility index (Phi) is 7.99. The summed E-state index contributed by atoms with van der Waals surface area (Å²) in [6.07, 6.45) is 0. The molecule has 0 aromatic rings. The average Bonchev–Trinajstić information content (AvgIpc) is 1.38. The summed E-state index contributed by atoms with van der Waals surface area (Å²) in [7, 11) is -1.18. The number of hydrogen-bond acceptors (Lipinski definition) is 2. The van der Waals surface area contributed by atoms with Crippen LogP contribution in [0.2, 0.25) is 0 Å². The van der Waals surface area contributed by atoms with Crippen LogP contribution in [-0.4, -0.2) is 20.4 Å². The highest BCUT2D eigenvalue weighted by atomic mass is 31.1. The Labute approximate surface area is 38.8 Å². The number of rotatable bonds is 1. The van der Waals surface area contributed by atoms with E-state index in [1.165, 1.54) is 7.11 Å². The van der Waals surface area contributed by atoms with Gasteiger partial charge in [0.05, 0.1) is 7.11 Å². The fourth-order valence-corrected chi connectivity index (χ4v) is 0. The third kappa shape index (κ3) is 8.94. The van der Waals surface area contributed by atoms with Crippen LogP contribution in [0.4, 0.5) is 0 Å². The summed E-state index contributed by atoms with van der Waals surface area (Å²) < 4.78 is 13.1. The lowest BCUT2D eigenvalue weighted by atomic mass is 10.8. The first-order chi connectivity index (χ1) is 2.27. The van der Waals surface area contributed by atoms with Gasteiger partial charge in [-0.15, -0.1) is 9.42 Å². The molecular weight excluding hydrogens is 102 g/mol. The third-order valence-corrected chi connectivity index (χ3v) is 0.469. The van der Waals surface area contributed by atoms with Crippen molar-refractivity contribution in [3.8, 4) is 0 Å². The van der Waals surface area contributed by atoms with E-state index in [1.807, 2.05) is 0 Å². The molecule has 1 atom stereocenters. The zero-order valence-electron chi connectivity index (χ0n) is 3.29. The summed E-state index contributed by atoms with van der Waals surface area (Å²) >= 11 is 0. The molecule has 6 heavy (non-hydrogen) atoms. The minimum Gasteiger partial charge on any atom is -0.133 e. The standard InChI is InChI=1S/CH3O3P.B/c1-4-5(2)3;/h1H3;/p+1. The second kappa shape index (κ2) is 5.08. The highest BCUT2D eigenvalue weighted by Crippen LogP contribution is 2.09. The van der Waals surface area contributed by atoms with Crippen molar-refractivity contribution in [3.63, 3.8) is 0 Å². The van der Waals surface area contributed by atoms with Gasteiger partial charge in [0.25, 0.3) is 0 Å². The Morgan fingerprint density at radius 3 is 2.00 bits per heavy atom. The van der Waals surface area contributed by atoms with Gasteiger partial charge >= 0.3 is 8.25 Å². The molecule has 0 amide bonds. The van der Waals surface area contributed by atoms with Crippen molar-refractivity contribution in [2.75, 3.05) is 7.11 Å². The minimum atomic E-state index is -2.35. The summed E-state index contributed by atoms with van der Waals surface area (Å²) in [4.78, 5) is 7.65. The predicted octanol–water partition coefficient (Wildman–Crippen LogP) is -0.0983. The zero-order chi connectivity index (χ0) is 4.28. The molecule has 3 nitrogen and oxygen atoms in total. The van der Waals surface area contributed by atoms with Gasteiger partial charge in [-0.05, 0) is 0 Å². The molecule has 0 aromatic carbocycles. The maximum atomic E-state index is 9.29. The van der Waals surface area contributed by atoms with Crippen molar-refractivity contribution < 1.29 is 14.0 Å². The van der Waals surface area contributed by atoms with E-state index in [0.717, 1.165) is 0 Å². The predicted molar refractivity (Wildman–Crippen MR) is 22.6 cm³/mol. The first kappa shape index (κ1) is 9.43. The molecule has 0 aliphatic carbocycles. The topological polar surface area (TPSA) is 46.5 Å². The lowest BCUT2D eigenvalue weighted by Gasteiger charge is -1.55. The Bertz CT molecular complexity index is 46.1. The van der Waals surface area contributed by atoms with Gasteiger partial charge in [-0.1, -0.05) is 0 Å². The molecule has 0 aliphatic rings. The Balaban J connectivity index is 0. The molecule has 3 radical (unpaired) electrons. The second-order valence-corrected chi connectivity index (χ2v) is 1.26. The molecule has 0 saturated heterocycles. The molecule has 0 rings (SSSR count). The molecule has 33 valence electrons. The SMILES string of the molecule is CO[P+](=O)O.[B]. The molecule has 0 saturated carbocycles. The van der Waals surface area contributed by atoms with E-state index in [0.29, 0.717) is 0 Å². The maximum Gasteiger partial charge on any atom is 0.694 e. The summed E-state index contributed by atoms with van der Waals surface area (Å²) in [6.45, 7) is 0. The molecule has 0 bridgehead atoms. The van der Waals surface area contributed by atoms with Crippen LogP contribution in [0, 0.1) is 0 Å².